The maximum Gasteiger partial charge on any atom is 0.410 e. The number of amides is 10. The van der Waals surface area contributed by atoms with E-state index >= 15 is 8.78 Å². The van der Waals surface area contributed by atoms with Gasteiger partial charge in [0.25, 0.3) is 11.8 Å². The largest absolute Gasteiger partial charge is 0.508 e. The number of hydrogen-bond donors (Lipinski definition) is 8. The Morgan fingerprint density at radius 2 is 1.60 bits per heavy atom. The number of primary amides is 1. The fourth-order valence-corrected chi connectivity index (χ4v) is 10.5. The number of aliphatic hydroxyl groups excluding tert-OH is 1. The number of aromatic nitrogens is 2. The van der Waals surface area contributed by atoms with Gasteiger partial charge in [-0.3, -0.25) is 28.9 Å². The predicted molar refractivity (Wildman–Crippen MR) is 308 cm³/mol. The first-order valence-corrected chi connectivity index (χ1v) is 28.9. The first kappa shape index (κ1) is 65.0. The summed E-state index contributed by atoms with van der Waals surface area (Å²) in [6.07, 6.45) is 4.18. The van der Waals surface area contributed by atoms with Gasteiger partial charge < -0.3 is 66.4 Å². The number of nitrogens with zero attached hydrogens (tertiary/aromatic N) is 5. The van der Waals surface area contributed by atoms with Crippen LogP contribution in [-0.4, -0.2) is 159 Å². The number of imidazole rings is 1. The Hall–Kier alpha value is -8.52. The molecule has 0 spiro atoms. The molecule has 2 saturated heterocycles. The third-order valence-corrected chi connectivity index (χ3v) is 15.2. The van der Waals surface area contributed by atoms with Crippen molar-refractivity contribution in [2.75, 3.05) is 57.9 Å². The molecule has 3 aromatic carbocycles. The molecule has 2 fully saturated rings. The maximum absolute atomic E-state index is 16.5. The fraction of sp³-hybridized carbons (Fsp3) is 0.483. The minimum absolute atomic E-state index is 0.0181. The third-order valence-electron chi connectivity index (χ3n) is 15.2. The number of benzene rings is 3. The quantitative estimate of drug-likeness (QED) is 0.0256. The molecule has 0 radical (unpaired) electrons. The summed E-state index contributed by atoms with van der Waals surface area (Å²) in [5.41, 5.74) is 6.57. The maximum atomic E-state index is 16.5. The van der Waals surface area contributed by atoms with Crippen molar-refractivity contribution >= 4 is 53.4 Å². The number of phenols is 1. The average molecular weight is 1200 g/mol. The van der Waals surface area contributed by atoms with Crippen molar-refractivity contribution in [1.29, 1.82) is 0 Å². The molecule has 9 N–H and O–H groups in total. The van der Waals surface area contributed by atoms with E-state index in [0.717, 1.165) is 23.1 Å². The number of carbonyl (C=O) groups excluding carboxylic acids is 8. The summed E-state index contributed by atoms with van der Waals surface area (Å²) in [5, 5.41) is 33.9. The molecule has 464 valence electrons. The average Bonchev–Trinajstić information content (AvgIpc) is 1.87. The second-order valence-electron chi connectivity index (χ2n) is 22.2. The Morgan fingerprint density at radius 3 is 2.29 bits per heavy atom. The fourth-order valence-electron chi connectivity index (χ4n) is 10.5. The number of nitrogens with two attached hydrogens (primary N) is 1. The topological polar surface area (TPSA) is 309 Å². The molecule has 10 amide bonds. The van der Waals surface area contributed by atoms with Crippen LogP contribution in [0.5, 0.6) is 5.75 Å². The zero-order valence-corrected chi connectivity index (χ0v) is 48.4. The second-order valence-corrected chi connectivity index (χ2v) is 22.2. The van der Waals surface area contributed by atoms with E-state index in [9.17, 15) is 53.0 Å². The van der Waals surface area contributed by atoms with Gasteiger partial charge in [0.2, 0.25) is 17.7 Å². The minimum Gasteiger partial charge on any atom is -0.508 e. The Bertz CT molecular complexity index is 3050. The predicted octanol–water partition coefficient (Wildman–Crippen LogP) is 5.55. The van der Waals surface area contributed by atoms with E-state index in [1.165, 1.54) is 40.3 Å². The Kier molecular flexibility index (Phi) is 23.5. The van der Waals surface area contributed by atoms with Gasteiger partial charge in [-0.15, -0.1) is 0 Å². The number of aromatic hydroxyl groups is 1. The molecule has 4 heterocycles. The monoisotopic (exact) mass is 1200 g/mol. The van der Waals surface area contributed by atoms with E-state index < -0.39 is 90.4 Å². The number of imide groups is 1. The van der Waals surface area contributed by atoms with Gasteiger partial charge in [0, 0.05) is 87.9 Å². The van der Waals surface area contributed by atoms with Crippen LogP contribution in [0.1, 0.15) is 95.1 Å². The summed E-state index contributed by atoms with van der Waals surface area (Å²) in [7, 11) is 0. The van der Waals surface area contributed by atoms with Crippen LogP contribution in [0.2, 0.25) is 0 Å². The number of anilines is 1. The molecule has 6 atom stereocenters. The highest BCUT2D eigenvalue weighted by molar-refractivity contribution is 6.12. The molecular weight excluding hydrogens is 1120 g/mol. The number of phenolic OH excluding ortho intramolecular Hbond substituents is 1. The van der Waals surface area contributed by atoms with Crippen LogP contribution in [-0.2, 0) is 46.6 Å². The van der Waals surface area contributed by atoms with Gasteiger partial charge >= 0.3 is 18.2 Å². The molecule has 0 unspecified atom stereocenters. The standard InChI is InChI=1S/C60H76F3N11O12/c1-36(2)53(70-50(77)12-5-4-6-24-73-51(78)19-20-52(73)79)57(81)69-48(11-8-23-65-58(64)82)56(80)67-43-16-13-38(14-17-43)35-86-60(84)72-30-41(47(63)32-72)31-74(59(83)66-37(3)34-75)54(40-21-25-85-26-22-40)55-68-49(45-28-42(61)15-18-46(45)62)33-71(55)29-39-9-7-10-44(76)27-39/h7,9-10,13-20,27-28,33,36-37,40-41,47-48,53-54,75-76H,4-6,8,11-12,21-26,29-32,34-35H2,1-3H3,(H,66,83)(H,67,80)(H,69,81)(H,70,77)(H3,64,65,82)/t37-,41-,47-,48-,53-,54+/m0/s1. The van der Waals surface area contributed by atoms with Crippen molar-refractivity contribution in [1.82, 2.24) is 45.5 Å². The Labute approximate surface area is 496 Å². The lowest BCUT2D eigenvalue weighted by Gasteiger charge is -2.40. The van der Waals surface area contributed by atoms with E-state index in [2.05, 4.69) is 26.6 Å². The van der Waals surface area contributed by atoms with Crippen LogP contribution in [0.15, 0.2) is 85.1 Å². The number of halogens is 3. The van der Waals surface area contributed by atoms with E-state index in [-0.39, 0.29) is 112 Å². The highest BCUT2D eigenvalue weighted by Crippen LogP contribution is 2.39. The zero-order valence-electron chi connectivity index (χ0n) is 48.4. The van der Waals surface area contributed by atoms with Gasteiger partial charge in [0.05, 0.1) is 30.9 Å². The second kappa shape index (κ2) is 31.0. The summed E-state index contributed by atoms with van der Waals surface area (Å²) in [4.78, 5) is 112. The van der Waals surface area contributed by atoms with Crippen molar-refractivity contribution in [2.45, 2.75) is 116 Å². The lowest BCUT2D eigenvalue weighted by atomic mass is 9.89. The molecule has 3 aliphatic rings. The summed E-state index contributed by atoms with van der Waals surface area (Å²) in [5.74, 6) is -5.32. The lowest BCUT2D eigenvalue weighted by molar-refractivity contribution is -0.137. The number of ether oxygens (including phenoxy) is 2. The normalized spacial score (nSPS) is 17.4. The Morgan fingerprint density at radius 1 is 0.872 bits per heavy atom. The summed E-state index contributed by atoms with van der Waals surface area (Å²) in [6, 6.07) is 10.4. The van der Waals surface area contributed by atoms with Gasteiger partial charge in [-0.1, -0.05) is 44.5 Å². The molecular formula is C60H76F3N11O12. The summed E-state index contributed by atoms with van der Waals surface area (Å²) < 4.78 is 59.7. The molecule has 3 aliphatic heterocycles. The number of aliphatic hydroxyl groups is 1. The molecule has 0 bridgehead atoms. The highest BCUT2D eigenvalue weighted by atomic mass is 19.1. The van der Waals surface area contributed by atoms with Crippen molar-refractivity contribution in [3.8, 4) is 17.0 Å². The van der Waals surface area contributed by atoms with E-state index in [1.54, 1.807) is 61.7 Å². The first-order valence-electron chi connectivity index (χ1n) is 28.9. The van der Waals surface area contributed by atoms with Crippen LogP contribution in [0.4, 0.5) is 33.2 Å². The van der Waals surface area contributed by atoms with Crippen molar-refractivity contribution in [3.05, 3.63) is 114 Å². The van der Waals surface area contributed by atoms with Gasteiger partial charge in [-0.2, -0.15) is 0 Å². The van der Waals surface area contributed by atoms with Gasteiger partial charge in [0.1, 0.15) is 48.1 Å². The Balaban J connectivity index is 0.998. The molecule has 26 heteroatoms. The first-order chi connectivity index (χ1) is 41.2. The molecule has 0 aliphatic carbocycles. The van der Waals surface area contributed by atoms with Crippen LogP contribution >= 0.6 is 0 Å². The molecule has 86 heavy (non-hydrogen) atoms. The molecule has 4 aromatic rings. The van der Waals surface area contributed by atoms with Crippen molar-refractivity contribution in [3.63, 3.8) is 0 Å². The smallest absolute Gasteiger partial charge is 0.410 e. The number of rotatable bonds is 28. The van der Waals surface area contributed by atoms with E-state index in [4.69, 9.17) is 20.2 Å². The van der Waals surface area contributed by atoms with Crippen LogP contribution < -0.4 is 32.3 Å². The zero-order chi connectivity index (χ0) is 62.0. The number of urea groups is 2. The van der Waals surface area contributed by atoms with Crippen LogP contribution in [0, 0.1) is 29.4 Å². The highest BCUT2D eigenvalue weighted by Gasteiger charge is 2.43. The number of likely N-dealkylation sites (tertiary alicyclic amines) is 1. The summed E-state index contributed by atoms with van der Waals surface area (Å²) in [6.45, 7) is 4.61. The SMILES string of the molecule is CC(C)[C@H](NC(=O)CCCCCN1C(=O)C=CC1=O)C(=O)N[C@@H](CCCNC(N)=O)C(=O)Nc1ccc(COC(=O)N2C[C@@H](CN(C(=O)N[C@@H](C)CO)[C@@H](c3nc(-c4cc(F)ccc4F)cn3Cc3cccc(O)c3)C3CCOCC3)[C@@H](F)C2)cc1. The number of nitrogens with one attached hydrogen (secondary N) is 5. The number of alkyl halides is 1. The van der Waals surface area contributed by atoms with Gasteiger partial charge in [-0.05, 0) is 111 Å². The van der Waals surface area contributed by atoms with Gasteiger partial charge in [0.15, 0.2) is 0 Å². The minimum atomic E-state index is -1.65. The van der Waals surface area contributed by atoms with E-state index in [1.807, 2.05) is 0 Å². The van der Waals surface area contributed by atoms with E-state index in [0.29, 0.717) is 62.1 Å². The van der Waals surface area contributed by atoms with Crippen molar-refractivity contribution < 1.29 is 71.2 Å². The molecule has 7 rings (SSSR count). The number of unbranched alkanes of at least 4 members (excludes halogenated alkanes) is 2. The lowest BCUT2D eigenvalue weighted by Crippen LogP contribution is -2.54. The summed E-state index contributed by atoms with van der Waals surface area (Å²) >= 11 is 0. The number of hydrogen-bond acceptors (Lipinski definition) is 13. The van der Waals surface area contributed by atoms with Gasteiger partial charge in [-0.25, -0.2) is 32.5 Å². The van der Waals surface area contributed by atoms with Crippen molar-refractivity contribution in [2.24, 2.45) is 23.5 Å². The molecule has 1 aromatic heterocycles. The number of carbonyl (C=O) groups is 8. The molecule has 23 nitrogen and oxygen atoms in total. The van der Waals surface area contributed by atoms with Crippen LogP contribution in [0.25, 0.3) is 11.3 Å². The molecule has 0 saturated carbocycles. The van der Waals surface area contributed by atoms with Crippen LogP contribution in [0.3, 0.4) is 0 Å². The third kappa shape index (κ3) is 18.2.